The van der Waals surface area contributed by atoms with Crippen molar-refractivity contribution >= 4 is 33.4 Å². The number of thiophene rings is 1. The summed E-state index contributed by atoms with van der Waals surface area (Å²) in [6.07, 6.45) is 2.22. The van der Waals surface area contributed by atoms with E-state index in [2.05, 4.69) is 10.3 Å². The molecule has 2 heterocycles. The Morgan fingerprint density at radius 2 is 2.17 bits per heavy atom. The van der Waals surface area contributed by atoms with Crippen molar-refractivity contribution in [2.75, 3.05) is 13.2 Å². The summed E-state index contributed by atoms with van der Waals surface area (Å²) in [6.45, 7) is 4.22. The van der Waals surface area contributed by atoms with Crippen LogP contribution in [0.25, 0.3) is 10.2 Å². The monoisotopic (exact) mass is 337 g/mol. The van der Waals surface area contributed by atoms with Crippen LogP contribution in [-0.2, 0) is 16.6 Å². The Morgan fingerprint density at radius 1 is 1.43 bits per heavy atom. The van der Waals surface area contributed by atoms with Crippen LogP contribution in [-0.4, -0.2) is 34.6 Å². The van der Waals surface area contributed by atoms with Gasteiger partial charge in [0, 0.05) is 20.0 Å². The van der Waals surface area contributed by atoms with Gasteiger partial charge in [0.15, 0.2) is 0 Å². The molecule has 0 aliphatic carbocycles. The molecule has 8 heteroatoms. The molecule has 2 aromatic rings. The predicted molar refractivity (Wildman–Crippen MR) is 87.8 cm³/mol. The van der Waals surface area contributed by atoms with Crippen LogP contribution in [0.2, 0.25) is 0 Å². The molecule has 1 N–H and O–H groups in total. The van der Waals surface area contributed by atoms with E-state index in [1.54, 1.807) is 20.9 Å². The number of hydrogen-bond donors (Lipinski definition) is 1. The van der Waals surface area contributed by atoms with Gasteiger partial charge in [-0.3, -0.25) is 14.4 Å². The standard InChI is InChI=1S/C15H19N3O4S/c1-4-22-10(19)6-5-7-16-13(20)12-9(2)11-14(23-12)17-8-18(3)15(11)21/h8H,4-7H2,1-3H3,(H,16,20). The number of carbonyl (C=O) groups excluding carboxylic acids is 2. The molecular weight excluding hydrogens is 318 g/mol. The topological polar surface area (TPSA) is 90.3 Å². The number of ether oxygens (including phenoxy) is 1. The number of aryl methyl sites for hydroxylation is 2. The zero-order chi connectivity index (χ0) is 17.0. The Hall–Kier alpha value is -2.22. The van der Waals surface area contributed by atoms with E-state index in [1.807, 2.05) is 0 Å². The number of carbonyl (C=O) groups is 2. The van der Waals surface area contributed by atoms with Crippen LogP contribution in [0.1, 0.15) is 35.0 Å². The molecule has 124 valence electrons. The third-order valence-corrected chi connectivity index (χ3v) is 4.56. The molecule has 0 unspecified atom stereocenters. The van der Waals surface area contributed by atoms with Crippen molar-refractivity contribution in [3.05, 3.63) is 27.1 Å². The van der Waals surface area contributed by atoms with Crippen molar-refractivity contribution < 1.29 is 14.3 Å². The normalized spacial score (nSPS) is 10.7. The third-order valence-electron chi connectivity index (χ3n) is 3.37. The maximum Gasteiger partial charge on any atom is 0.305 e. The van der Waals surface area contributed by atoms with Crippen molar-refractivity contribution in [3.63, 3.8) is 0 Å². The van der Waals surface area contributed by atoms with Gasteiger partial charge in [-0.25, -0.2) is 4.98 Å². The minimum Gasteiger partial charge on any atom is -0.466 e. The lowest BCUT2D eigenvalue weighted by Crippen LogP contribution is -2.25. The summed E-state index contributed by atoms with van der Waals surface area (Å²) in [4.78, 5) is 40.8. The van der Waals surface area contributed by atoms with Gasteiger partial charge in [-0.15, -0.1) is 11.3 Å². The number of aromatic nitrogens is 2. The third kappa shape index (κ3) is 3.76. The second kappa shape index (κ2) is 7.36. The maximum absolute atomic E-state index is 12.2. The second-order valence-electron chi connectivity index (χ2n) is 5.06. The highest BCUT2D eigenvalue weighted by Crippen LogP contribution is 2.26. The lowest BCUT2D eigenvalue weighted by atomic mass is 10.2. The fourth-order valence-electron chi connectivity index (χ4n) is 2.17. The first-order valence-electron chi connectivity index (χ1n) is 7.34. The highest BCUT2D eigenvalue weighted by atomic mass is 32.1. The van der Waals surface area contributed by atoms with Gasteiger partial charge in [-0.2, -0.15) is 0 Å². The average Bonchev–Trinajstić information content (AvgIpc) is 2.85. The number of nitrogens with zero attached hydrogens (tertiary/aromatic N) is 2. The average molecular weight is 337 g/mol. The van der Waals surface area contributed by atoms with Gasteiger partial charge in [0.1, 0.15) is 4.83 Å². The van der Waals surface area contributed by atoms with E-state index in [4.69, 9.17) is 4.74 Å². The lowest BCUT2D eigenvalue weighted by Gasteiger charge is -2.04. The Labute approximate surface area is 137 Å². The summed E-state index contributed by atoms with van der Waals surface area (Å²) in [5.41, 5.74) is 0.478. The number of esters is 1. The zero-order valence-electron chi connectivity index (χ0n) is 13.3. The summed E-state index contributed by atoms with van der Waals surface area (Å²) >= 11 is 1.20. The molecular formula is C15H19N3O4S. The quantitative estimate of drug-likeness (QED) is 0.635. The first-order chi connectivity index (χ1) is 11.0. The van der Waals surface area contributed by atoms with Gasteiger partial charge < -0.3 is 14.6 Å². The van der Waals surface area contributed by atoms with Gasteiger partial charge in [0.2, 0.25) is 0 Å². The van der Waals surface area contributed by atoms with Crippen LogP contribution in [0.15, 0.2) is 11.1 Å². The van der Waals surface area contributed by atoms with Gasteiger partial charge >= 0.3 is 5.97 Å². The van der Waals surface area contributed by atoms with E-state index in [-0.39, 0.29) is 23.9 Å². The van der Waals surface area contributed by atoms with E-state index >= 15 is 0 Å². The molecule has 23 heavy (non-hydrogen) atoms. The first kappa shape index (κ1) is 17.1. The molecule has 0 saturated carbocycles. The van der Waals surface area contributed by atoms with Crippen LogP contribution in [0.5, 0.6) is 0 Å². The minimum absolute atomic E-state index is 0.162. The predicted octanol–water partition coefficient (Wildman–Crippen LogP) is 1.38. The van der Waals surface area contributed by atoms with Gasteiger partial charge in [-0.05, 0) is 25.8 Å². The largest absolute Gasteiger partial charge is 0.466 e. The molecule has 0 saturated heterocycles. The van der Waals surface area contributed by atoms with Crippen molar-refractivity contribution in [2.24, 2.45) is 7.05 Å². The molecule has 0 atom stereocenters. The van der Waals surface area contributed by atoms with Crippen molar-refractivity contribution in [3.8, 4) is 0 Å². The summed E-state index contributed by atoms with van der Waals surface area (Å²) in [7, 11) is 1.63. The van der Waals surface area contributed by atoms with Crippen molar-refractivity contribution in [2.45, 2.75) is 26.7 Å². The summed E-state index contributed by atoms with van der Waals surface area (Å²) in [6, 6.07) is 0. The van der Waals surface area contributed by atoms with E-state index in [9.17, 15) is 14.4 Å². The Balaban J connectivity index is 2.04. The lowest BCUT2D eigenvalue weighted by molar-refractivity contribution is -0.143. The molecule has 0 aliphatic heterocycles. The van der Waals surface area contributed by atoms with Crippen LogP contribution in [0, 0.1) is 6.92 Å². The van der Waals surface area contributed by atoms with Gasteiger partial charge in [0.05, 0.1) is 23.2 Å². The molecule has 2 aromatic heterocycles. The maximum atomic E-state index is 12.2. The Bertz CT molecular complexity index is 794. The van der Waals surface area contributed by atoms with Gasteiger partial charge in [-0.1, -0.05) is 0 Å². The number of nitrogens with one attached hydrogen (secondary N) is 1. The fraction of sp³-hybridized carbons (Fsp3) is 0.467. The molecule has 2 rings (SSSR count). The number of fused-ring (bicyclic) bond motifs is 1. The number of rotatable bonds is 6. The summed E-state index contributed by atoms with van der Waals surface area (Å²) in [5, 5.41) is 3.24. The van der Waals surface area contributed by atoms with Crippen LogP contribution < -0.4 is 10.9 Å². The molecule has 0 spiro atoms. The molecule has 0 radical (unpaired) electrons. The van der Waals surface area contributed by atoms with E-state index in [0.717, 1.165) is 0 Å². The van der Waals surface area contributed by atoms with Crippen molar-refractivity contribution in [1.29, 1.82) is 0 Å². The van der Waals surface area contributed by atoms with Crippen LogP contribution in [0.3, 0.4) is 0 Å². The summed E-state index contributed by atoms with van der Waals surface area (Å²) < 4.78 is 6.21. The molecule has 0 bridgehead atoms. The van der Waals surface area contributed by atoms with E-state index in [0.29, 0.717) is 40.2 Å². The second-order valence-corrected chi connectivity index (χ2v) is 6.06. The highest BCUT2D eigenvalue weighted by molar-refractivity contribution is 7.20. The van der Waals surface area contributed by atoms with Gasteiger partial charge in [0.25, 0.3) is 11.5 Å². The highest BCUT2D eigenvalue weighted by Gasteiger charge is 2.18. The SMILES string of the molecule is CCOC(=O)CCCNC(=O)c1sc2ncn(C)c(=O)c2c1C. The minimum atomic E-state index is -0.271. The fourth-order valence-corrected chi connectivity index (χ4v) is 3.23. The first-order valence-corrected chi connectivity index (χ1v) is 8.15. The molecule has 0 fully saturated rings. The van der Waals surface area contributed by atoms with E-state index in [1.165, 1.54) is 22.2 Å². The molecule has 1 amide bonds. The smallest absolute Gasteiger partial charge is 0.305 e. The van der Waals surface area contributed by atoms with E-state index < -0.39 is 0 Å². The molecule has 7 nitrogen and oxygen atoms in total. The number of amides is 1. The van der Waals surface area contributed by atoms with Crippen molar-refractivity contribution in [1.82, 2.24) is 14.9 Å². The summed E-state index contributed by atoms with van der Waals surface area (Å²) in [5.74, 6) is -0.524. The number of hydrogen-bond acceptors (Lipinski definition) is 6. The Kier molecular flexibility index (Phi) is 5.49. The molecule has 0 aliphatic rings. The van der Waals surface area contributed by atoms with Crippen LogP contribution in [0.4, 0.5) is 0 Å². The molecule has 0 aromatic carbocycles. The zero-order valence-corrected chi connectivity index (χ0v) is 14.2. The van der Waals surface area contributed by atoms with Crippen LogP contribution >= 0.6 is 11.3 Å². The Morgan fingerprint density at radius 3 is 2.87 bits per heavy atom.